The zero-order valence-corrected chi connectivity index (χ0v) is 14.0. The number of carbonyl (C=O) groups is 1. The van der Waals surface area contributed by atoms with E-state index in [0.717, 1.165) is 29.9 Å². The molecule has 1 aliphatic rings. The Kier molecular flexibility index (Phi) is 4.02. The van der Waals surface area contributed by atoms with E-state index in [1.807, 2.05) is 13.0 Å². The van der Waals surface area contributed by atoms with Gasteiger partial charge in [-0.25, -0.2) is 9.78 Å². The lowest BCUT2D eigenvalue weighted by Gasteiger charge is -2.33. The Labute approximate surface area is 141 Å². The van der Waals surface area contributed by atoms with Gasteiger partial charge in [0.15, 0.2) is 0 Å². The predicted octanol–water partition coefficient (Wildman–Crippen LogP) is 3.55. The molecule has 1 aromatic carbocycles. The summed E-state index contributed by atoms with van der Waals surface area (Å²) < 4.78 is 5.78. The van der Waals surface area contributed by atoms with Gasteiger partial charge < -0.3 is 9.84 Å². The molecule has 3 rings (SSSR count). The van der Waals surface area contributed by atoms with E-state index in [9.17, 15) is 4.79 Å². The number of carboxylic acids is 1. The number of carboxylic acid groups (broad SMARTS) is 1. The van der Waals surface area contributed by atoms with Crippen molar-refractivity contribution < 1.29 is 14.6 Å². The number of hydrogen-bond acceptors (Lipinski definition) is 3. The van der Waals surface area contributed by atoms with Crippen LogP contribution in [0.5, 0.6) is 5.75 Å². The molecule has 1 aliphatic heterocycles. The highest BCUT2D eigenvalue weighted by Crippen LogP contribution is 2.39. The lowest BCUT2D eigenvalue weighted by atomic mass is 9.78. The van der Waals surface area contributed by atoms with Crippen LogP contribution in [-0.4, -0.2) is 22.7 Å². The number of pyridine rings is 1. The molecule has 0 fully saturated rings. The van der Waals surface area contributed by atoms with Crippen molar-refractivity contribution >= 4 is 5.97 Å². The van der Waals surface area contributed by atoms with E-state index in [1.165, 1.54) is 17.8 Å². The van der Waals surface area contributed by atoms with E-state index >= 15 is 0 Å². The topological polar surface area (TPSA) is 59.4 Å². The third-order valence-electron chi connectivity index (χ3n) is 4.38. The molecule has 24 heavy (non-hydrogen) atoms. The Bertz CT molecular complexity index is 855. The van der Waals surface area contributed by atoms with Crippen LogP contribution in [-0.2, 0) is 5.41 Å². The van der Waals surface area contributed by atoms with Crippen LogP contribution in [0.25, 0.3) is 0 Å². The van der Waals surface area contributed by atoms with Crippen LogP contribution < -0.4 is 4.74 Å². The SMILES string of the molecule is Cc1cc2c(cc1C#Cc1ccc(C(=O)O)cn1)C(C)(C)CCO2. The molecular formula is C20H19NO3. The summed E-state index contributed by atoms with van der Waals surface area (Å²) >= 11 is 0. The number of benzene rings is 1. The van der Waals surface area contributed by atoms with Gasteiger partial charge in [0.2, 0.25) is 0 Å². The Hall–Kier alpha value is -2.80. The lowest BCUT2D eigenvalue weighted by Crippen LogP contribution is -2.26. The third-order valence-corrected chi connectivity index (χ3v) is 4.38. The van der Waals surface area contributed by atoms with Crippen molar-refractivity contribution in [2.75, 3.05) is 6.61 Å². The van der Waals surface area contributed by atoms with Gasteiger partial charge in [-0.15, -0.1) is 0 Å². The molecule has 1 aromatic heterocycles. The molecule has 0 amide bonds. The van der Waals surface area contributed by atoms with Gasteiger partial charge in [-0.2, -0.15) is 0 Å². The molecule has 0 radical (unpaired) electrons. The molecule has 2 aromatic rings. The molecule has 1 N–H and O–H groups in total. The molecule has 0 aliphatic carbocycles. The van der Waals surface area contributed by atoms with Gasteiger partial charge in [0, 0.05) is 17.3 Å². The van der Waals surface area contributed by atoms with E-state index in [-0.39, 0.29) is 11.0 Å². The molecule has 0 saturated carbocycles. The van der Waals surface area contributed by atoms with Crippen molar-refractivity contribution in [1.29, 1.82) is 0 Å². The second kappa shape index (κ2) is 6.01. The van der Waals surface area contributed by atoms with Crippen molar-refractivity contribution in [2.45, 2.75) is 32.6 Å². The Balaban J connectivity index is 1.95. The second-order valence-corrected chi connectivity index (χ2v) is 6.63. The fourth-order valence-corrected chi connectivity index (χ4v) is 2.74. The summed E-state index contributed by atoms with van der Waals surface area (Å²) in [5.41, 5.74) is 3.95. The van der Waals surface area contributed by atoms with Crippen LogP contribution in [0.1, 0.15) is 53.0 Å². The summed E-state index contributed by atoms with van der Waals surface area (Å²) in [4.78, 5) is 14.9. The zero-order chi connectivity index (χ0) is 17.3. The van der Waals surface area contributed by atoms with Crippen molar-refractivity contribution in [1.82, 2.24) is 4.98 Å². The summed E-state index contributed by atoms with van der Waals surface area (Å²) in [6.45, 7) is 7.18. The minimum Gasteiger partial charge on any atom is -0.493 e. The molecule has 0 saturated heterocycles. The zero-order valence-electron chi connectivity index (χ0n) is 14.0. The first kappa shape index (κ1) is 16.1. The Morgan fingerprint density at radius 3 is 2.75 bits per heavy atom. The number of nitrogens with zero attached hydrogens (tertiary/aromatic N) is 1. The van der Waals surface area contributed by atoms with Gasteiger partial charge in [-0.3, -0.25) is 0 Å². The van der Waals surface area contributed by atoms with Crippen LogP contribution in [0.3, 0.4) is 0 Å². The van der Waals surface area contributed by atoms with E-state index in [1.54, 1.807) is 6.07 Å². The summed E-state index contributed by atoms with van der Waals surface area (Å²) in [7, 11) is 0. The van der Waals surface area contributed by atoms with Crippen LogP contribution in [0.2, 0.25) is 0 Å². The quantitative estimate of drug-likeness (QED) is 0.816. The van der Waals surface area contributed by atoms with Gasteiger partial charge in [0.25, 0.3) is 0 Å². The molecule has 4 nitrogen and oxygen atoms in total. The molecule has 122 valence electrons. The molecule has 4 heteroatoms. The largest absolute Gasteiger partial charge is 0.493 e. The number of fused-ring (bicyclic) bond motifs is 1. The number of hydrogen-bond donors (Lipinski definition) is 1. The molecule has 2 heterocycles. The van der Waals surface area contributed by atoms with Crippen LogP contribution in [0, 0.1) is 18.8 Å². The molecule has 0 atom stereocenters. The number of aromatic carboxylic acids is 1. The highest BCUT2D eigenvalue weighted by molar-refractivity contribution is 5.87. The van der Waals surface area contributed by atoms with Gasteiger partial charge in [-0.05, 0) is 54.5 Å². The van der Waals surface area contributed by atoms with Gasteiger partial charge in [-0.1, -0.05) is 19.8 Å². The average Bonchev–Trinajstić information content (AvgIpc) is 2.53. The van der Waals surface area contributed by atoms with Crippen LogP contribution >= 0.6 is 0 Å². The number of rotatable bonds is 1. The maximum Gasteiger partial charge on any atom is 0.337 e. The monoisotopic (exact) mass is 321 g/mol. The highest BCUT2D eigenvalue weighted by atomic mass is 16.5. The minimum atomic E-state index is -0.991. The smallest absolute Gasteiger partial charge is 0.337 e. The van der Waals surface area contributed by atoms with E-state index in [4.69, 9.17) is 9.84 Å². The number of ether oxygens (including phenoxy) is 1. The Morgan fingerprint density at radius 2 is 2.08 bits per heavy atom. The predicted molar refractivity (Wildman–Crippen MR) is 91.5 cm³/mol. The van der Waals surface area contributed by atoms with Crippen LogP contribution in [0.15, 0.2) is 30.5 Å². The molecule has 0 spiro atoms. The number of aryl methyl sites for hydroxylation is 1. The fourth-order valence-electron chi connectivity index (χ4n) is 2.74. The maximum absolute atomic E-state index is 10.8. The van der Waals surface area contributed by atoms with E-state index in [2.05, 4.69) is 36.7 Å². The maximum atomic E-state index is 10.8. The highest BCUT2D eigenvalue weighted by Gasteiger charge is 2.29. The first-order valence-corrected chi connectivity index (χ1v) is 7.86. The Morgan fingerprint density at radius 1 is 1.29 bits per heavy atom. The first-order chi connectivity index (χ1) is 11.4. The van der Waals surface area contributed by atoms with Crippen molar-refractivity contribution in [2.24, 2.45) is 0 Å². The number of aromatic nitrogens is 1. The average molecular weight is 321 g/mol. The first-order valence-electron chi connectivity index (χ1n) is 7.86. The third kappa shape index (κ3) is 3.11. The van der Waals surface area contributed by atoms with Gasteiger partial charge in [0.1, 0.15) is 11.4 Å². The molecule has 0 bridgehead atoms. The molecule has 0 unspecified atom stereocenters. The minimum absolute atomic E-state index is 0.0686. The molecular weight excluding hydrogens is 302 g/mol. The normalized spacial score (nSPS) is 14.8. The summed E-state index contributed by atoms with van der Waals surface area (Å²) in [6, 6.07) is 7.27. The standard InChI is InChI=1S/C20H19NO3/c1-13-10-18-17(20(2,3)8-9-24-18)11-14(13)4-6-16-7-5-15(12-21-16)19(22)23/h5,7,10-12H,8-9H2,1-3H3,(H,22,23). The van der Waals surface area contributed by atoms with Crippen molar-refractivity contribution in [3.05, 3.63) is 58.4 Å². The summed E-state index contributed by atoms with van der Waals surface area (Å²) in [5, 5.41) is 8.89. The fraction of sp³-hybridized carbons (Fsp3) is 0.300. The van der Waals surface area contributed by atoms with Crippen molar-refractivity contribution in [3.63, 3.8) is 0 Å². The van der Waals surface area contributed by atoms with Gasteiger partial charge in [0.05, 0.1) is 12.2 Å². The van der Waals surface area contributed by atoms with Crippen LogP contribution in [0.4, 0.5) is 0 Å². The second-order valence-electron chi connectivity index (χ2n) is 6.63. The van der Waals surface area contributed by atoms with E-state index in [0.29, 0.717) is 5.69 Å². The summed E-state index contributed by atoms with van der Waals surface area (Å²) in [5.74, 6) is 6.11. The summed E-state index contributed by atoms with van der Waals surface area (Å²) in [6.07, 6.45) is 2.30. The van der Waals surface area contributed by atoms with Gasteiger partial charge >= 0.3 is 5.97 Å². The van der Waals surface area contributed by atoms with E-state index < -0.39 is 5.97 Å². The van der Waals surface area contributed by atoms with Crippen molar-refractivity contribution in [3.8, 4) is 17.6 Å². The lowest BCUT2D eigenvalue weighted by molar-refractivity contribution is 0.0696.